The van der Waals surface area contributed by atoms with Crippen LogP contribution in [0.4, 0.5) is 17.6 Å². The SMILES string of the molecule is CN(C)c1ccnc(NC2CCCN(c3ncnc4ccccc34)C2)n1. The first-order chi connectivity index (χ1) is 12.7. The summed E-state index contributed by atoms with van der Waals surface area (Å²) in [6.07, 6.45) is 5.64. The van der Waals surface area contributed by atoms with Crippen molar-refractivity contribution in [3.05, 3.63) is 42.9 Å². The zero-order valence-electron chi connectivity index (χ0n) is 15.1. The molecule has 1 aliphatic heterocycles. The Labute approximate surface area is 153 Å². The van der Waals surface area contributed by atoms with Gasteiger partial charge in [0.1, 0.15) is 18.0 Å². The van der Waals surface area contributed by atoms with Crippen LogP contribution < -0.4 is 15.1 Å². The Morgan fingerprint density at radius 2 is 2.00 bits per heavy atom. The Kier molecular flexibility index (Phi) is 4.51. The molecule has 0 saturated carbocycles. The van der Waals surface area contributed by atoms with E-state index in [4.69, 9.17) is 0 Å². The van der Waals surface area contributed by atoms with Crippen molar-refractivity contribution in [2.75, 3.05) is 42.3 Å². The monoisotopic (exact) mass is 349 g/mol. The third kappa shape index (κ3) is 3.37. The summed E-state index contributed by atoms with van der Waals surface area (Å²) in [6, 6.07) is 10.4. The number of hydrogen-bond acceptors (Lipinski definition) is 7. The maximum Gasteiger partial charge on any atom is 0.224 e. The molecule has 1 fully saturated rings. The van der Waals surface area contributed by atoms with Crippen molar-refractivity contribution in [3.63, 3.8) is 0 Å². The molecule has 0 bridgehead atoms. The summed E-state index contributed by atoms with van der Waals surface area (Å²) in [5.74, 6) is 2.58. The quantitative estimate of drug-likeness (QED) is 0.776. The first-order valence-corrected chi connectivity index (χ1v) is 8.92. The molecule has 1 aromatic carbocycles. The Hall–Kier alpha value is -2.96. The van der Waals surface area contributed by atoms with Crippen LogP contribution in [0.1, 0.15) is 12.8 Å². The van der Waals surface area contributed by atoms with Gasteiger partial charge in [0.2, 0.25) is 5.95 Å². The van der Waals surface area contributed by atoms with Crippen molar-refractivity contribution >= 4 is 28.5 Å². The Bertz CT molecular complexity index is 890. The normalized spacial score (nSPS) is 17.3. The number of aromatic nitrogens is 4. The van der Waals surface area contributed by atoms with Gasteiger partial charge in [-0.2, -0.15) is 4.98 Å². The molecule has 4 rings (SSSR count). The average Bonchev–Trinajstić information content (AvgIpc) is 2.68. The Morgan fingerprint density at radius 3 is 2.88 bits per heavy atom. The van der Waals surface area contributed by atoms with Gasteiger partial charge < -0.3 is 15.1 Å². The third-order valence-electron chi connectivity index (χ3n) is 4.68. The van der Waals surface area contributed by atoms with E-state index >= 15 is 0 Å². The fraction of sp³-hybridized carbons (Fsp3) is 0.368. The van der Waals surface area contributed by atoms with Gasteiger partial charge in [-0.25, -0.2) is 15.0 Å². The smallest absolute Gasteiger partial charge is 0.224 e. The summed E-state index contributed by atoms with van der Waals surface area (Å²) in [6.45, 7) is 1.87. The lowest BCUT2D eigenvalue weighted by Gasteiger charge is -2.34. The molecular weight excluding hydrogens is 326 g/mol. The van der Waals surface area contributed by atoms with Crippen LogP contribution in [0.3, 0.4) is 0 Å². The summed E-state index contributed by atoms with van der Waals surface area (Å²) in [7, 11) is 3.96. The third-order valence-corrected chi connectivity index (χ3v) is 4.68. The number of para-hydroxylation sites is 1. The van der Waals surface area contributed by atoms with Crippen molar-refractivity contribution in [1.29, 1.82) is 0 Å². The van der Waals surface area contributed by atoms with Gasteiger partial charge in [0.15, 0.2) is 0 Å². The minimum Gasteiger partial charge on any atom is -0.363 e. The van der Waals surface area contributed by atoms with E-state index in [1.165, 1.54) is 0 Å². The predicted molar refractivity (Wildman–Crippen MR) is 105 cm³/mol. The van der Waals surface area contributed by atoms with Crippen LogP contribution in [0.2, 0.25) is 0 Å². The minimum atomic E-state index is 0.287. The number of piperidine rings is 1. The lowest BCUT2D eigenvalue weighted by molar-refractivity contribution is 0.525. The van der Waals surface area contributed by atoms with Crippen molar-refractivity contribution in [2.45, 2.75) is 18.9 Å². The van der Waals surface area contributed by atoms with Crippen LogP contribution in [-0.4, -0.2) is 53.2 Å². The van der Waals surface area contributed by atoms with Gasteiger partial charge in [0.25, 0.3) is 0 Å². The molecular formula is C19H23N7. The topological polar surface area (TPSA) is 70.1 Å². The highest BCUT2D eigenvalue weighted by Gasteiger charge is 2.23. The van der Waals surface area contributed by atoms with Crippen LogP contribution in [0, 0.1) is 0 Å². The molecule has 0 radical (unpaired) electrons. The molecule has 7 nitrogen and oxygen atoms in total. The summed E-state index contributed by atoms with van der Waals surface area (Å²) in [5, 5.41) is 4.59. The van der Waals surface area contributed by atoms with E-state index in [2.05, 4.69) is 36.2 Å². The first kappa shape index (κ1) is 16.5. The van der Waals surface area contributed by atoms with Crippen molar-refractivity contribution in [1.82, 2.24) is 19.9 Å². The second kappa shape index (κ2) is 7.11. The Morgan fingerprint density at radius 1 is 1.12 bits per heavy atom. The maximum absolute atomic E-state index is 4.57. The highest BCUT2D eigenvalue weighted by molar-refractivity contribution is 5.89. The molecule has 134 valence electrons. The fourth-order valence-corrected chi connectivity index (χ4v) is 3.38. The largest absolute Gasteiger partial charge is 0.363 e. The molecule has 1 aliphatic rings. The number of anilines is 3. The zero-order chi connectivity index (χ0) is 17.9. The highest BCUT2D eigenvalue weighted by atomic mass is 15.2. The van der Waals surface area contributed by atoms with Crippen LogP contribution >= 0.6 is 0 Å². The Balaban J connectivity index is 1.53. The number of fused-ring (bicyclic) bond motifs is 1. The molecule has 2 aromatic heterocycles. The molecule has 0 aliphatic carbocycles. The molecule has 3 aromatic rings. The van der Waals surface area contributed by atoms with Crippen molar-refractivity contribution in [3.8, 4) is 0 Å². The van der Waals surface area contributed by atoms with Gasteiger partial charge >= 0.3 is 0 Å². The van der Waals surface area contributed by atoms with Crippen molar-refractivity contribution < 1.29 is 0 Å². The van der Waals surface area contributed by atoms with Crippen LogP contribution in [0.15, 0.2) is 42.9 Å². The molecule has 1 saturated heterocycles. The molecule has 1 unspecified atom stereocenters. The fourth-order valence-electron chi connectivity index (χ4n) is 3.38. The maximum atomic E-state index is 4.57. The zero-order valence-corrected chi connectivity index (χ0v) is 15.1. The number of benzene rings is 1. The van der Waals surface area contributed by atoms with Crippen molar-refractivity contribution in [2.24, 2.45) is 0 Å². The second-order valence-electron chi connectivity index (χ2n) is 6.78. The average molecular weight is 349 g/mol. The first-order valence-electron chi connectivity index (χ1n) is 8.92. The van der Waals surface area contributed by atoms with Gasteiger partial charge in [-0.05, 0) is 31.0 Å². The lowest BCUT2D eigenvalue weighted by atomic mass is 10.1. The molecule has 0 spiro atoms. The van der Waals surface area contributed by atoms with Gasteiger partial charge in [0, 0.05) is 44.8 Å². The minimum absolute atomic E-state index is 0.287. The standard InChI is InChI=1S/C19H23N7/c1-25(2)17-9-10-20-19(24-17)23-14-6-5-11-26(12-14)18-15-7-3-4-8-16(15)21-13-22-18/h3-4,7-10,13-14H,5-6,11-12H2,1-2H3,(H,20,23,24). The van der Waals surface area contributed by atoms with Gasteiger partial charge in [-0.15, -0.1) is 0 Å². The van der Waals surface area contributed by atoms with E-state index in [0.717, 1.165) is 48.5 Å². The summed E-state index contributed by atoms with van der Waals surface area (Å²) < 4.78 is 0. The molecule has 1 N–H and O–H groups in total. The van der Waals surface area contributed by atoms with E-state index in [1.807, 2.05) is 43.3 Å². The summed E-state index contributed by atoms with van der Waals surface area (Å²) in [4.78, 5) is 22.2. The second-order valence-corrected chi connectivity index (χ2v) is 6.78. The summed E-state index contributed by atoms with van der Waals surface area (Å²) >= 11 is 0. The van der Waals surface area contributed by atoms with Gasteiger partial charge in [-0.3, -0.25) is 0 Å². The summed E-state index contributed by atoms with van der Waals surface area (Å²) in [5.41, 5.74) is 0.981. The predicted octanol–water partition coefficient (Wildman–Crippen LogP) is 2.57. The molecule has 26 heavy (non-hydrogen) atoms. The molecule has 0 amide bonds. The van der Waals surface area contributed by atoms with E-state index < -0.39 is 0 Å². The van der Waals surface area contributed by atoms with Gasteiger partial charge in [-0.1, -0.05) is 12.1 Å². The highest BCUT2D eigenvalue weighted by Crippen LogP contribution is 2.26. The number of hydrogen-bond donors (Lipinski definition) is 1. The molecule has 3 heterocycles. The molecule has 7 heteroatoms. The molecule has 1 atom stereocenters. The van der Waals surface area contributed by atoms with Crippen LogP contribution in [0.5, 0.6) is 0 Å². The van der Waals surface area contributed by atoms with Crippen LogP contribution in [-0.2, 0) is 0 Å². The lowest BCUT2D eigenvalue weighted by Crippen LogP contribution is -2.43. The number of nitrogens with zero attached hydrogens (tertiary/aromatic N) is 6. The van der Waals surface area contributed by atoms with E-state index in [0.29, 0.717) is 5.95 Å². The van der Waals surface area contributed by atoms with E-state index in [1.54, 1.807) is 12.5 Å². The van der Waals surface area contributed by atoms with Crippen LogP contribution in [0.25, 0.3) is 10.9 Å². The van der Waals surface area contributed by atoms with E-state index in [9.17, 15) is 0 Å². The number of nitrogens with one attached hydrogen (secondary N) is 1. The van der Waals surface area contributed by atoms with E-state index in [-0.39, 0.29) is 6.04 Å². The number of rotatable bonds is 4. The van der Waals surface area contributed by atoms with Gasteiger partial charge in [0.05, 0.1) is 5.52 Å².